The number of nitriles is 1. The Kier molecular flexibility index (Phi) is 4.47. The molecule has 1 amide bonds. The molecular weight excluding hydrogens is 309 g/mol. The van der Waals surface area contributed by atoms with Crippen molar-refractivity contribution in [3.63, 3.8) is 0 Å². The predicted octanol–water partition coefficient (Wildman–Crippen LogP) is 2.76. The molecule has 2 aromatic rings. The second kappa shape index (κ2) is 6.71. The van der Waals surface area contributed by atoms with Crippen LogP contribution in [0.15, 0.2) is 18.5 Å². The van der Waals surface area contributed by atoms with Crippen molar-refractivity contribution in [3.8, 4) is 17.5 Å². The van der Waals surface area contributed by atoms with Crippen LogP contribution in [0.25, 0.3) is 11.4 Å². The Balaban J connectivity index is 2.21. The van der Waals surface area contributed by atoms with Gasteiger partial charge in [-0.25, -0.2) is 9.37 Å². The number of hydrogen-bond donors (Lipinski definition) is 2. The summed E-state index contributed by atoms with van der Waals surface area (Å²) in [6.45, 7) is 1.31. The lowest BCUT2D eigenvalue weighted by atomic mass is 9.98. The van der Waals surface area contributed by atoms with E-state index in [0.717, 1.165) is 19.3 Å². The number of H-pyrrole nitrogens is 1. The lowest BCUT2D eigenvalue weighted by Crippen LogP contribution is -2.36. The Morgan fingerprint density at radius 2 is 2.17 bits per heavy atom. The highest BCUT2D eigenvalue weighted by Crippen LogP contribution is 2.34. The fraction of sp³-hybridized carbons (Fsp3) is 0.353. The molecule has 0 radical (unpaired) electrons. The van der Waals surface area contributed by atoms with Crippen molar-refractivity contribution in [2.24, 2.45) is 0 Å². The van der Waals surface area contributed by atoms with Crippen LogP contribution in [-0.4, -0.2) is 40.9 Å². The summed E-state index contributed by atoms with van der Waals surface area (Å²) < 4.78 is 14.9. The predicted molar refractivity (Wildman–Crippen MR) is 88.0 cm³/mol. The summed E-state index contributed by atoms with van der Waals surface area (Å²) >= 11 is 0. The van der Waals surface area contributed by atoms with E-state index >= 15 is 0 Å². The van der Waals surface area contributed by atoms with E-state index in [2.05, 4.69) is 15.3 Å². The number of likely N-dealkylation sites (tertiary alicyclic amines) is 1. The molecule has 2 N–H and O–H groups in total. The maximum Gasteiger partial charge on any atom is 0.256 e. The molecule has 0 unspecified atom stereocenters. The SMILES string of the molecule is CNc1cc(C#N)c(F)c(-c2ncc[nH]2)c1C(=O)N1CCCCC1. The first kappa shape index (κ1) is 16.0. The van der Waals surface area contributed by atoms with Gasteiger partial charge < -0.3 is 15.2 Å². The number of nitrogens with zero attached hydrogens (tertiary/aromatic N) is 3. The minimum atomic E-state index is -0.730. The van der Waals surface area contributed by atoms with Crippen LogP contribution in [0.1, 0.15) is 35.2 Å². The summed E-state index contributed by atoms with van der Waals surface area (Å²) in [6, 6.07) is 3.21. The number of benzene rings is 1. The summed E-state index contributed by atoms with van der Waals surface area (Å²) in [5.74, 6) is -0.734. The zero-order chi connectivity index (χ0) is 17.1. The maximum absolute atomic E-state index is 14.9. The van der Waals surface area contributed by atoms with E-state index in [0.29, 0.717) is 18.8 Å². The van der Waals surface area contributed by atoms with Crippen molar-refractivity contribution in [1.29, 1.82) is 5.26 Å². The molecule has 1 saturated heterocycles. The van der Waals surface area contributed by atoms with Gasteiger partial charge in [0.25, 0.3) is 5.91 Å². The quantitative estimate of drug-likeness (QED) is 0.908. The summed E-state index contributed by atoms with van der Waals surface area (Å²) in [4.78, 5) is 21.7. The van der Waals surface area contributed by atoms with Gasteiger partial charge in [0.2, 0.25) is 0 Å². The first-order valence-corrected chi connectivity index (χ1v) is 7.90. The third-order valence-electron chi connectivity index (χ3n) is 4.25. The minimum Gasteiger partial charge on any atom is -0.387 e. The standard InChI is InChI=1S/C17H18FN5O/c1-20-12-9-11(10-19)15(18)14(16-21-5-6-22-16)13(12)17(24)23-7-3-2-4-8-23/h5-6,9,20H,2-4,7-8H2,1H3,(H,21,22). The maximum atomic E-state index is 14.9. The van der Waals surface area contributed by atoms with Crippen LogP contribution in [0, 0.1) is 17.1 Å². The molecule has 1 aromatic heterocycles. The molecule has 0 atom stereocenters. The van der Waals surface area contributed by atoms with Crippen LogP contribution >= 0.6 is 0 Å². The Labute approximate surface area is 139 Å². The van der Waals surface area contributed by atoms with Gasteiger partial charge in [-0.3, -0.25) is 4.79 Å². The van der Waals surface area contributed by atoms with Gasteiger partial charge >= 0.3 is 0 Å². The molecule has 24 heavy (non-hydrogen) atoms. The topological polar surface area (TPSA) is 84.8 Å². The van der Waals surface area contributed by atoms with Crippen LogP contribution in [-0.2, 0) is 0 Å². The van der Waals surface area contributed by atoms with Crippen LogP contribution < -0.4 is 5.32 Å². The number of piperidine rings is 1. The molecule has 7 heteroatoms. The third kappa shape index (κ3) is 2.71. The fourth-order valence-corrected chi connectivity index (χ4v) is 3.04. The molecular formula is C17H18FN5O. The zero-order valence-corrected chi connectivity index (χ0v) is 13.4. The Bertz CT molecular complexity index is 788. The highest BCUT2D eigenvalue weighted by Gasteiger charge is 2.29. The van der Waals surface area contributed by atoms with Crippen molar-refractivity contribution < 1.29 is 9.18 Å². The van der Waals surface area contributed by atoms with Crippen LogP contribution in [0.4, 0.5) is 10.1 Å². The van der Waals surface area contributed by atoms with E-state index in [9.17, 15) is 14.4 Å². The van der Waals surface area contributed by atoms with E-state index in [-0.39, 0.29) is 28.4 Å². The second-order valence-corrected chi connectivity index (χ2v) is 5.69. The van der Waals surface area contributed by atoms with E-state index in [1.165, 1.54) is 12.3 Å². The Morgan fingerprint density at radius 3 is 2.75 bits per heavy atom. The molecule has 1 aliphatic heterocycles. The lowest BCUT2D eigenvalue weighted by molar-refractivity contribution is 0.0725. The molecule has 3 rings (SSSR count). The normalized spacial score (nSPS) is 14.3. The summed E-state index contributed by atoms with van der Waals surface area (Å²) in [5, 5.41) is 12.1. The van der Waals surface area contributed by atoms with Crippen LogP contribution in [0.3, 0.4) is 0 Å². The minimum absolute atomic E-state index is 0.0407. The Morgan fingerprint density at radius 1 is 1.42 bits per heavy atom. The van der Waals surface area contributed by atoms with Crippen LogP contribution in [0.2, 0.25) is 0 Å². The number of imidazole rings is 1. The number of anilines is 1. The zero-order valence-electron chi connectivity index (χ0n) is 13.4. The van der Waals surface area contributed by atoms with Crippen LogP contribution in [0.5, 0.6) is 0 Å². The van der Waals surface area contributed by atoms with E-state index in [1.54, 1.807) is 18.1 Å². The molecule has 0 aliphatic carbocycles. The summed E-state index contributed by atoms with van der Waals surface area (Å²) in [7, 11) is 1.65. The number of nitrogens with one attached hydrogen (secondary N) is 2. The van der Waals surface area contributed by atoms with Crippen molar-refractivity contribution in [1.82, 2.24) is 14.9 Å². The number of rotatable bonds is 3. The average molecular weight is 327 g/mol. The number of aromatic nitrogens is 2. The summed E-state index contributed by atoms with van der Waals surface area (Å²) in [6.07, 6.45) is 6.02. The first-order chi connectivity index (χ1) is 11.7. The van der Waals surface area contributed by atoms with Crippen molar-refractivity contribution in [3.05, 3.63) is 35.4 Å². The molecule has 0 saturated carbocycles. The largest absolute Gasteiger partial charge is 0.387 e. The molecule has 1 aliphatic rings. The van der Waals surface area contributed by atoms with Gasteiger partial charge in [0.05, 0.1) is 16.7 Å². The number of aromatic amines is 1. The van der Waals surface area contributed by atoms with E-state index < -0.39 is 5.82 Å². The molecule has 0 bridgehead atoms. The van der Waals surface area contributed by atoms with Gasteiger partial charge in [0.15, 0.2) is 5.82 Å². The fourth-order valence-electron chi connectivity index (χ4n) is 3.04. The molecule has 1 fully saturated rings. The van der Waals surface area contributed by atoms with Crippen molar-refractivity contribution in [2.75, 3.05) is 25.5 Å². The van der Waals surface area contributed by atoms with Gasteiger partial charge in [-0.05, 0) is 25.3 Å². The van der Waals surface area contributed by atoms with E-state index in [1.807, 2.05) is 6.07 Å². The second-order valence-electron chi connectivity index (χ2n) is 5.69. The molecule has 1 aromatic carbocycles. The van der Waals surface area contributed by atoms with Gasteiger partial charge in [0.1, 0.15) is 11.9 Å². The first-order valence-electron chi connectivity index (χ1n) is 7.90. The van der Waals surface area contributed by atoms with Crippen molar-refractivity contribution in [2.45, 2.75) is 19.3 Å². The smallest absolute Gasteiger partial charge is 0.256 e. The Hall–Kier alpha value is -2.88. The lowest BCUT2D eigenvalue weighted by Gasteiger charge is -2.28. The van der Waals surface area contributed by atoms with Gasteiger partial charge in [-0.1, -0.05) is 0 Å². The summed E-state index contributed by atoms with van der Waals surface area (Å²) in [5.41, 5.74) is 0.556. The number of carbonyl (C=O) groups excluding carboxylic acids is 1. The molecule has 0 spiro atoms. The third-order valence-corrected chi connectivity index (χ3v) is 4.25. The number of amides is 1. The molecule has 124 valence electrons. The van der Waals surface area contributed by atoms with Gasteiger partial charge in [-0.2, -0.15) is 5.26 Å². The van der Waals surface area contributed by atoms with Crippen molar-refractivity contribution >= 4 is 11.6 Å². The van der Waals surface area contributed by atoms with Gasteiger partial charge in [0, 0.05) is 38.2 Å². The monoisotopic (exact) mass is 327 g/mol. The number of halogens is 1. The average Bonchev–Trinajstić information content (AvgIpc) is 3.15. The van der Waals surface area contributed by atoms with Gasteiger partial charge in [-0.15, -0.1) is 0 Å². The highest BCUT2D eigenvalue weighted by molar-refractivity contribution is 6.06. The number of hydrogen-bond acceptors (Lipinski definition) is 4. The molecule has 2 heterocycles. The van der Waals surface area contributed by atoms with E-state index in [4.69, 9.17) is 0 Å². The molecule has 6 nitrogen and oxygen atoms in total. The number of carbonyl (C=O) groups is 1. The highest BCUT2D eigenvalue weighted by atomic mass is 19.1.